The summed E-state index contributed by atoms with van der Waals surface area (Å²) < 4.78 is 11.3. The van der Waals surface area contributed by atoms with Crippen LogP contribution in [-0.4, -0.2) is 9.97 Å². The Morgan fingerprint density at radius 2 is 1.09 bits per heavy atom. The molecule has 0 N–H and O–H groups in total. The van der Waals surface area contributed by atoms with Gasteiger partial charge in [-0.05, 0) is 11.1 Å². The van der Waals surface area contributed by atoms with Gasteiger partial charge in [-0.15, -0.1) is 0 Å². The van der Waals surface area contributed by atoms with Crippen molar-refractivity contribution in [1.82, 2.24) is 9.97 Å². The van der Waals surface area contributed by atoms with Crippen molar-refractivity contribution in [2.45, 2.75) is 13.2 Å². The number of hydrogen-bond acceptors (Lipinski definition) is 4. The number of hydrogen-bond donors (Lipinski definition) is 0. The zero-order chi connectivity index (χ0) is 15.0. The number of nitrogens with zero attached hydrogens (tertiary/aromatic N) is 2. The second-order valence-electron chi connectivity index (χ2n) is 4.74. The molecule has 0 radical (unpaired) electrons. The molecule has 0 unspecified atom stereocenters. The van der Waals surface area contributed by atoms with Crippen molar-refractivity contribution in [3.8, 4) is 11.8 Å². The molecule has 0 atom stereocenters. The number of benzene rings is 2. The molecule has 0 spiro atoms. The third kappa shape index (κ3) is 4.06. The lowest BCUT2D eigenvalue weighted by Gasteiger charge is -2.08. The quantitative estimate of drug-likeness (QED) is 0.696. The summed E-state index contributed by atoms with van der Waals surface area (Å²) in [7, 11) is 0. The summed E-state index contributed by atoms with van der Waals surface area (Å²) in [5.74, 6) is 0.906. The van der Waals surface area contributed by atoms with Crippen LogP contribution in [-0.2, 0) is 13.2 Å². The third-order valence-corrected chi connectivity index (χ3v) is 3.05. The summed E-state index contributed by atoms with van der Waals surface area (Å²) in [6.45, 7) is 0.912. The molecule has 110 valence electrons. The molecule has 0 saturated heterocycles. The first-order valence-electron chi connectivity index (χ1n) is 7.06. The Bertz CT molecular complexity index is 644. The van der Waals surface area contributed by atoms with Gasteiger partial charge < -0.3 is 9.47 Å². The minimum absolute atomic E-state index is 0.453. The SMILES string of the molecule is c1ccc(COc2cncc(OCc3ccccc3)n2)cc1. The van der Waals surface area contributed by atoms with E-state index in [0.29, 0.717) is 25.0 Å². The van der Waals surface area contributed by atoms with Gasteiger partial charge in [-0.2, -0.15) is 4.98 Å². The van der Waals surface area contributed by atoms with Gasteiger partial charge in [0.15, 0.2) is 0 Å². The highest BCUT2D eigenvalue weighted by atomic mass is 16.5. The van der Waals surface area contributed by atoms with Crippen molar-refractivity contribution in [3.63, 3.8) is 0 Å². The normalized spacial score (nSPS) is 10.2. The molecule has 1 aromatic heterocycles. The molecule has 3 rings (SSSR count). The van der Waals surface area contributed by atoms with E-state index in [-0.39, 0.29) is 0 Å². The molecule has 0 bridgehead atoms. The van der Waals surface area contributed by atoms with E-state index >= 15 is 0 Å². The van der Waals surface area contributed by atoms with Crippen molar-refractivity contribution in [3.05, 3.63) is 84.2 Å². The average Bonchev–Trinajstić information content (AvgIpc) is 2.60. The smallest absolute Gasteiger partial charge is 0.235 e. The summed E-state index contributed by atoms with van der Waals surface area (Å²) in [6, 6.07) is 19.9. The molecule has 0 aliphatic carbocycles. The fourth-order valence-corrected chi connectivity index (χ4v) is 1.93. The van der Waals surface area contributed by atoms with Crippen LogP contribution >= 0.6 is 0 Å². The Morgan fingerprint density at radius 3 is 1.55 bits per heavy atom. The lowest BCUT2D eigenvalue weighted by Crippen LogP contribution is -2.01. The summed E-state index contributed by atoms with van der Waals surface area (Å²) in [6.07, 6.45) is 3.16. The van der Waals surface area contributed by atoms with Crippen LogP contribution in [0.2, 0.25) is 0 Å². The molecule has 0 fully saturated rings. The molecule has 4 nitrogen and oxygen atoms in total. The zero-order valence-electron chi connectivity index (χ0n) is 12.1. The predicted octanol–water partition coefficient (Wildman–Crippen LogP) is 3.63. The molecule has 2 aromatic carbocycles. The first-order valence-corrected chi connectivity index (χ1v) is 7.06. The lowest BCUT2D eigenvalue weighted by atomic mass is 10.2. The minimum atomic E-state index is 0.453. The Labute approximate surface area is 129 Å². The van der Waals surface area contributed by atoms with E-state index in [1.165, 1.54) is 0 Å². The van der Waals surface area contributed by atoms with E-state index in [1.54, 1.807) is 12.4 Å². The van der Waals surface area contributed by atoms with Crippen LogP contribution in [0.3, 0.4) is 0 Å². The van der Waals surface area contributed by atoms with Crippen LogP contribution < -0.4 is 9.47 Å². The molecule has 0 aliphatic heterocycles. The van der Waals surface area contributed by atoms with Crippen LogP contribution in [0, 0.1) is 0 Å². The van der Waals surface area contributed by atoms with Crippen LogP contribution in [0.4, 0.5) is 0 Å². The predicted molar refractivity (Wildman–Crippen MR) is 83.6 cm³/mol. The van der Waals surface area contributed by atoms with E-state index in [0.717, 1.165) is 11.1 Å². The molecule has 3 aromatic rings. The van der Waals surface area contributed by atoms with Gasteiger partial charge in [0.2, 0.25) is 11.8 Å². The van der Waals surface area contributed by atoms with Crippen molar-refractivity contribution in [2.24, 2.45) is 0 Å². The minimum Gasteiger partial charge on any atom is -0.472 e. The van der Waals surface area contributed by atoms with Gasteiger partial charge in [0.05, 0.1) is 12.4 Å². The van der Waals surface area contributed by atoms with E-state index in [1.807, 2.05) is 60.7 Å². The maximum absolute atomic E-state index is 5.63. The van der Waals surface area contributed by atoms with Crippen molar-refractivity contribution in [1.29, 1.82) is 0 Å². The highest BCUT2D eigenvalue weighted by molar-refractivity contribution is 5.18. The van der Waals surface area contributed by atoms with Gasteiger partial charge in [0, 0.05) is 0 Å². The monoisotopic (exact) mass is 292 g/mol. The summed E-state index contributed by atoms with van der Waals surface area (Å²) in [4.78, 5) is 8.39. The first kappa shape index (κ1) is 14.1. The maximum atomic E-state index is 5.63. The fourth-order valence-electron chi connectivity index (χ4n) is 1.93. The Kier molecular flexibility index (Phi) is 4.62. The van der Waals surface area contributed by atoms with Gasteiger partial charge in [-0.3, -0.25) is 4.98 Å². The summed E-state index contributed by atoms with van der Waals surface area (Å²) in [5.41, 5.74) is 2.17. The van der Waals surface area contributed by atoms with Crippen molar-refractivity contribution < 1.29 is 9.47 Å². The van der Waals surface area contributed by atoms with Gasteiger partial charge in [-0.1, -0.05) is 60.7 Å². The molecule has 0 saturated carbocycles. The molecule has 22 heavy (non-hydrogen) atoms. The Hall–Kier alpha value is -2.88. The largest absolute Gasteiger partial charge is 0.472 e. The third-order valence-electron chi connectivity index (χ3n) is 3.05. The summed E-state index contributed by atoms with van der Waals surface area (Å²) in [5, 5.41) is 0. The maximum Gasteiger partial charge on any atom is 0.235 e. The van der Waals surface area contributed by atoms with Crippen LogP contribution in [0.15, 0.2) is 73.1 Å². The van der Waals surface area contributed by atoms with Crippen LogP contribution in [0.1, 0.15) is 11.1 Å². The second kappa shape index (κ2) is 7.22. The average molecular weight is 292 g/mol. The molecule has 0 aliphatic rings. The van der Waals surface area contributed by atoms with E-state index in [2.05, 4.69) is 9.97 Å². The van der Waals surface area contributed by atoms with Gasteiger partial charge in [0.25, 0.3) is 0 Å². The van der Waals surface area contributed by atoms with Gasteiger partial charge >= 0.3 is 0 Å². The fraction of sp³-hybridized carbons (Fsp3) is 0.111. The highest BCUT2D eigenvalue weighted by Gasteiger charge is 2.02. The van der Waals surface area contributed by atoms with Crippen molar-refractivity contribution >= 4 is 0 Å². The molecular formula is C18H16N2O2. The molecule has 0 amide bonds. The second-order valence-corrected chi connectivity index (χ2v) is 4.74. The molecular weight excluding hydrogens is 276 g/mol. The van der Waals surface area contributed by atoms with Gasteiger partial charge in [-0.25, -0.2) is 0 Å². The zero-order valence-corrected chi connectivity index (χ0v) is 12.1. The van der Waals surface area contributed by atoms with Crippen molar-refractivity contribution in [2.75, 3.05) is 0 Å². The van der Waals surface area contributed by atoms with Crippen LogP contribution in [0.25, 0.3) is 0 Å². The van der Waals surface area contributed by atoms with Crippen LogP contribution in [0.5, 0.6) is 11.8 Å². The number of aromatic nitrogens is 2. The lowest BCUT2D eigenvalue weighted by molar-refractivity contribution is 0.265. The standard InChI is InChI=1S/C18H16N2O2/c1-3-7-15(8-4-1)13-21-17-11-19-12-18(20-17)22-14-16-9-5-2-6-10-16/h1-12H,13-14H2. The number of ether oxygens (including phenoxy) is 2. The molecule has 1 heterocycles. The topological polar surface area (TPSA) is 44.2 Å². The Morgan fingerprint density at radius 1 is 0.636 bits per heavy atom. The van der Waals surface area contributed by atoms with Gasteiger partial charge in [0.1, 0.15) is 13.2 Å². The highest BCUT2D eigenvalue weighted by Crippen LogP contribution is 2.14. The Balaban J connectivity index is 1.58. The van der Waals surface area contributed by atoms with E-state index in [4.69, 9.17) is 9.47 Å². The molecule has 4 heteroatoms. The van der Waals surface area contributed by atoms with E-state index < -0.39 is 0 Å². The summed E-state index contributed by atoms with van der Waals surface area (Å²) >= 11 is 0. The first-order chi connectivity index (χ1) is 10.9. The number of rotatable bonds is 6. The van der Waals surface area contributed by atoms with E-state index in [9.17, 15) is 0 Å².